The molecule has 0 aromatic carbocycles. The molecular weight excluding hydrogens is 266 g/mol. The first-order valence-electron chi connectivity index (χ1n) is 5.77. The van der Waals surface area contributed by atoms with Crippen LogP contribution in [0.4, 0.5) is 0 Å². The molecule has 16 heavy (non-hydrogen) atoms. The SMILES string of the molecule is CCCNCC(C)NCc1ccc(Br)cn1. The fourth-order valence-electron chi connectivity index (χ4n) is 1.36. The van der Waals surface area contributed by atoms with Crippen molar-refractivity contribution in [1.29, 1.82) is 0 Å². The molecule has 0 spiro atoms. The maximum atomic E-state index is 4.32. The number of rotatable bonds is 7. The number of aromatic nitrogens is 1. The number of nitrogens with one attached hydrogen (secondary N) is 2. The first kappa shape index (κ1) is 13.6. The maximum absolute atomic E-state index is 4.32. The summed E-state index contributed by atoms with van der Waals surface area (Å²) in [5, 5.41) is 6.83. The summed E-state index contributed by atoms with van der Waals surface area (Å²) in [5.74, 6) is 0. The molecule has 3 nitrogen and oxygen atoms in total. The molecule has 0 aliphatic heterocycles. The maximum Gasteiger partial charge on any atom is 0.0542 e. The van der Waals surface area contributed by atoms with E-state index in [9.17, 15) is 0 Å². The predicted molar refractivity (Wildman–Crippen MR) is 71.4 cm³/mol. The van der Waals surface area contributed by atoms with E-state index in [-0.39, 0.29) is 0 Å². The van der Waals surface area contributed by atoms with Crippen LogP contribution < -0.4 is 10.6 Å². The topological polar surface area (TPSA) is 37.0 Å². The average molecular weight is 286 g/mol. The molecule has 0 fully saturated rings. The van der Waals surface area contributed by atoms with E-state index in [4.69, 9.17) is 0 Å². The van der Waals surface area contributed by atoms with Gasteiger partial charge in [-0.25, -0.2) is 0 Å². The van der Waals surface area contributed by atoms with Crippen molar-refractivity contribution >= 4 is 15.9 Å². The van der Waals surface area contributed by atoms with E-state index in [0.29, 0.717) is 6.04 Å². The fraction of sp³-hybridized carbons (Fsp3) is 0.583. The van der Waals surface area contributed by atoms with E-state index >= 15 is 0 Å². The van der Waals surface area contributed by atoms with Crippen molar-refractivity contribution in [2.45, 2.75) is 32.9 Å². The Morgan fingerprint density at radius 2 is 2.25 bits per heavy atom. The average Bonchev–Trinajstić information content (AvgIpc) is 2.29. The highest BCUT2D eigenvalue weighted by Crippen LogP contribution is 2.07. The third-order valence-electron chi connectivity index (χ3n) is 2.30. The minimum absolute atomic E-state index is 0.469. The van der Waals surface area contributed by atoms with Gasteiger partial charge in [0.05, 0.1) is 5.69 Å². The minimum Gasteiger partial charge on any atom is -0.315 e. The molecule has 90 valence electrons. The van der Waals surface area contributed by atoms with Crippen LogP contribution in [0.3, 0.4) is 0 Å². The lowest BCUT2D eigenvalue weighted by molar-refractivity contribution is 0.498. The molecule has 0 amide bonds. The zero-order valence-corrected chi connectivity index (χ0v) is 11.5. The molecule has 0 bridgehead atoms. The highest BCUT2D eigenvalue weighted by molar-refractivity contribution is 9.10. The predicted octanol–water partition coefficient (Wildman–Crippen LogP) is 2.32. The highest BCUT2D eigenvalue weighted by atomic mass is 79.9. The van der Waals surface area contributed by atoms with Gasteiger partial charge in [0.25, 0.3) is 0 Å². The van der Waals surface area contributed by atoms with Gasteiger partial charge in [-0.3, -0.25) is 4.98 Å². The molecule has 1 unspecified atom stereocenters. The lowest BCUT2D eigenvalue weighted by atomic mass is 10.3. The molecule has 0 saturated heterocycles. The highest BCUT2D eigenvalue weighted by Gasteiger charge is 2.01. The van der Waals surface area contributed by atoms with E-state index in [1.165, 1.54) is 6.42 Å². The zero-order valence-electron chi connectivity index (χ0n) is 9.96. The monoisotopic (exact) mass is 285 g/mol. The van der Waals surface area contributed by atoms with Crippen LogP contribution in [0.2, 0.25) is 0 Å². The Balaban J connectivity index is 2.20. The van der Waals surface area contributed by atoms with Gasteiger partial charge >= 0.3 is 0 Å². The van der Waals surface area contributed by atoms with Crippen molar-refractivity contribution in [3.63, 3.8) is 0 Å². The van der Waals surface area contributed by atoms with Gasteiger partial charge in [0, 0.05) is 29.8 Å². The summed E-state index contributed by atoms with van der Waals surface area (Å²) in [5.41, 5.74) is 1.07. The Morgan fingerprint density at radius 3 is 2.88 bits per heavy atom. The molecule has 0 aliphatic carbocycles. The summed E-state index contributed by atoms with van der Waals surface area (Å²) in [4.78, 5) is 4.32. The van der Waals surface area contributed by atoms with E-state index < -0.39 is 0 Å². The van der Waals surface area contributed by atoms with Gasteiger partial charge in [0.2, 0.25) is 0 Å². The number of nitrogens with zero attached hydrogens (tertiary/aromatic N) is 1. The van der Waals surface area contributed by atoms with Gasteiger partial charge < -0.3 is 10.6 Å². The van der Waals surface area contributed by atoms with Crippen LogP contribution in [0.1, 0.15) is 26.0 Å². The van der Waals surface area contributed by atoms with Crippen molar-refractivity contribution in [2.75, 3.05) is 13.1 Å². The number of pyridine rings is 1. The lowest BCUT2D eigenvalue weighted by Crippen LogP contribution is -2.36. The van der Waals surface area contributed by atoms with E-state index in [0.717, 1.165) is 29.8 Å². The molecular formula is C12H20BrN3. The van der Waals surface area contributed by atoms with Crippen LogP contribution in [0.25, 0.3) is 0 Å². The van der Waals surface area contributed by atoms with Crippen LogP contribution in [-0.2, 0) is 6.54 Å². The number of hydrogen-bond acceptors (Lipinski definition) is 3. The normalized spacial score (nSPS) is 12.7. The van der Waals surface area contributed by atoms with E-state index in [1.807, 2.05) is 18.3 Å². The van der Waals surface area contributed by atoms with Crippen LogP contribution in [0, 0.1) is 0 Å². The van der Waals surface area contributed by atoms with Crippen LogP contribution >= 0.6 is 15.9 Å². The summed E-state index contributed by atoms with van der Waals surface area (Å²) >= 11 is 3.37. The third-order valence-corrected chi connectivity index (χ3v) is 2.77. The largest absolute Gasteiger partial charge is 0.315 e. The van der Waals surface area contributed by atoms with Crippen LogP contribution in [0.5, 0.6) is 0 Å². The van der Waals surface area contributed by atoms with Gasteiger partial charge in [-0.1, -0.05) is 6.92 Å². The smallest absolute Gasteiger partial charge is 0.0542 e. The Morgan fingerprint density at radius 1 is 1.44 bits per heavy atom. The Labute approximate surface area is 106 Å². The zero-order chi connectivity index (χ0) is 11.8. The number of halogens is 1. The molecule has 0 radical (unpaired) electrons. The molecule has 1 atom stereocenters. The summed E-state index contributed by atoms with van der Waals surface area (Å²) in [6.45, 7) is 7.27. The van der Waals surface area contributed by atoms with Crippen molar-refractivity contribution in [1.82, 2.24) is 15.6 Å². The summed E-state index contributed by atoms with van der Waals surface area (Å²) < 4.78 is 1.02. The molecule has 1 heterocycles. The lowest BCUT2D eigenvalue weighted by Gasteiger charge is -2.14. The molecule has 1 rings (SSSR count). The fourth-order valence-corrected chi connectivity index (χ4v) is 1.59. The number of hydrogen-bond donors (Lipinski definition) is 2. The van der Waals surface area contributed by atoms with Gasteiger partial charge in [0.1, 0.15) is 0 Å². The molecule has 4 heteroatoms. The third kappa shape index (κ3) is 5.58. The van der Waals surface area contributed by atoms with E-state index in [2.05, 4.69) is 45.4 Å². The Bertz CT molecular complexity index is 287. The molecule has 0 saturated carbocycles. The standard InChI is InChI=1S/C12H20BrN3/c1-3-6-14-7-10(2)15-9-12-5-4-11(13)8-16-12/h4-5,8,10,14-15H,3,6-7,9H2,1-2H3. The van der Waals surface area contributed by atoms with Gasteiger partial charge in [-0.2, -0.15) is 0 Å². The van der Waals surface area contributed by atoms with Crippen molar-refractivity contribution in [2.24, 2.45) is 0 Å². The van der Waals surface area contributed by atoms with Crippen molar-refractivity contribution in [3.8, 4) is 0 Å². The second-order valence-corrected chi connectivity index (χ2v) is 4.87. The summed E-state index contributed by atoms with van der Waals surface area (Å²) in [7, 11) is 0. The Kier molecular flexibility index (Phi) is 6.61. The van der Waals surface area contributed by atoms with Gasteiger partial charge in [-0.15, -0.1) is 0 Å². The second kappa shape index (κ2) is 7.76. The van der Waals surface area contributed by atoms with Crippen LogP contribution in [-0.4, -0.2) is 24.1 Å². The van der Waals surface area contributed by atoms with E-state index in [1.54, 1.807) is 0 Å². The minimum atomic E-state index is 0.469. The summed E-state index contributed by atoms with van der Waals surface area (Å²) in [6, 6.07) is 4.52. The van der Waals surface area contributed by atoms with Crippen molar-refractivity contribution in [3.05, 3.63) is 28.5 Å². The Hall–Kier alpha value is -0.450. The van der Waals surface area contributed by atoms with Gasteiger partial charge in [-0.05, 0) is 48.0 Å². The first-order valence-corrected chi connectivity index (χ1v) is 6.56. The molecule has 2 N–H and O–H groups in total. The molecule has 1 aromatic rings. The molecule has 1 aromatic heterocycles. The van der Waals surface area contributed by atoms with Crippen molar-refractivity contribution < 1.29 is 0 Å². The quantitative estimate of drug-likeness (QED) is 0.755. The first-order chi connectivity index (χ1) is 7.72. The van der Waals surface area contributed by atoms with Gasteiger partial charge in [0.15, 0.2) is 0 Å². The molecule has 0 aliphatic rings. The van der Waals surface area contributed by atoms with Crippen LogP contribution in [0.15, 0.2) is 22.8 Å². The second-order valence-electron chi connectivity index (χ2n) is 3.95. The summed E-state index contributed by atoms with van der Waals surface area (Å²) in [6.07, 6.45) is 3.01.